The first kappa shape index (κ1) is 26.9. The fourth-order valence-electron chi connectivity index (χ4n) is 3.71. The summed E-state index contributed by atoms with van der Waals surface area (Å²) in [4.78, 5) is 1.33. The van der Waals surface area contributed by atoms with Crippen LogP contribution in [0.5, 0.6) is 11.5 Å². The fourth-order valence-corrected chi connectivity index (χ4v) is 4.72. The van der Waals surface area contributed by atoms with Crippen LogP contribution in [-0.4, -0.2) is 6.79 Å². The summed E-state index contributed by atoms with van der Waals surface area (Å²) in [5.41, 5.74) is 4.82. The highest BCUT2D eigenvalue weighted by atomic mass is 32.2. The molecule has 0 spiro atoms. The van der Waals surface area contributed by atoms with Gasteiger partial charge in [-0.1, -0.05) is 91.0 Å². The van der Waals surface area contributed by atoms with Crippen molar-refractivity contribution in [2.45, 2.75) is 24.0 Å². The Labute approximate surface area is 230 Å². The Hall–Kier alpha value is -4.15. The number of nitrogens with one attached hydrogen (secondary N) is 1. The highest BCUT2D eigenvalue weighted by Crippen LogP contribution is 2.34. The number of hydrogen-bond acceptors (Lipinski definition) is 4. The van der Waals surface area contributed by atoms with Crippen LogP contribution in [0.1, 0.15) is 23.3 Å². The third kappa shape index (κ3) is 8.75. The molecule has 6 rings (SSSR count). The Morgan fingerprint density at radius 3 is 1.68 bits per heavy atom. The van der Waals surface area contributed by atoms with Crippen LogP contribution in [-0.2, 0) is 0 Å². The maximum Gasteiger partial charge on any atom is 0.231 e. The summed E-state index contributed by atoms with van der Waals surface area (Å²) in [6.45, 7) is 4.63. The zero-order valence-electron chi connectivity index (χ0n) is 21.8. The molecule has 0 aliphatic carbocycles. The van der Waals surface area contributed by atoms with Gasteiger partial charge in [0.1, 0.15) is 0 Å². The van der Waals surface area contributed by atoms with Crippen molar-refractivity contribution in [2.24, 2.45) is 0 Å². The van der Waals surface area contributed by atoms with Gasteiger partial charge >= 0.3 is 0 Å². The molecule has 1 N–H and O–H groups in total. The van der Waals surface area contributed by atoms with Gasteiger partial charge in [-0.25, -0.2) is 0 Å². The van der Waals surface area contributed by atoms with Gasteiger partial charge < -0.3 is 14.8 Å². The van der Waals surface area contributed by atoms with Crippen LogP contribution in [0.2, 0.25) is 0 Å². The number of anilines is 2. The highest BCUT2D eigenvalue weighted by Gasteiger charge is 2.11. The first-order chi connectivity index (χ1) is 18.7. The molecule has 0 saturated carbocycles. The summed E-state index contributed by atoms with van der Waals surface area (Å²) in [6.07, 6.45) is 0. The number of rotatable bonds is 5. The maximum atomic E-state index is 5.16. The second-order valence-electron chi connectivity index (χ2n) is 8.70. The van der Waals surface area contributed by atoms with Crippen LogP contribution >= 0.6 is 11.8 Å². The number of ether oxygens (including phenoxy) is 2. The Balaban J connectivity index is 0.000000135. The molecule has 5 aromatic carbocycles. The Morgan fingerprint density at radius 1 is 0.605 bits per heavy atom. The first-order valence-corrected chi connectivity index (χ1v) is 13.6. The summed E-state index contributed by atoms with van der Waals surface area (Å²) < 4.78 is 10.3. The van der Waals surface area contributed by atoms with E-state index in [1.807, 2.05) is 97.5 Å². The zero-order chi connectivity index (χ0) is 26.4. The fraction of sp³-hybridized carbons (Fsp3) is 0.118. The molecule has 1 heterocycles. The lowest BCUT2D eigenvalue weighted by atomic mass is 10.2. The molecule has 0 fully saturated rings. The van der Waals surface area contributed by atoms with E-state index in [0.717, 1.165) is 22.9 Å². The van der Waals surface area contributed by atoms with Crippen LogP contribution in [0.3, 0.4) is 0 Å². The number of benzene rings is 5. The molecule has 1 aliphatic heterocycles. The molecule has 0 aromatic heterocycles. The standard InChI is InChI=1S/C14H14S.C12H11N.C8H8O2/c1-12(13-8-4-2-5-9-13)15-14-10-6-3-7-11-14;1-3-7-11(8-4-1)13-12-9-5-2-6-10-12;1-6-2-3-7-8(4-6)10-5-9-7/h2-12H,1H3;1-10,13H;2-4H,5H2,1H3. The molecule has 5 aromatic rings. The summed E-state index contributed by atoms with van der Waals surface area (Å²) in [6, 6.07) is 47.3. The average Bonchev–Trinajstić information content (AvgIpc) is 3.44. The van der Waals surface area contributed by atoms with Crippen LogP contribution in [0.15, 0.2) is 144 Å². The molecule has 192 valence electrons. The Bertz CT molecular complexity index is 1310. The van der Waals surface area contributed by atoms with Crippen LogP contribution in [0.25, 0.3) is 0 Å². The van der Waals surface area contributed by atoms with Gasteiger partial charge in [0.25, 0.3) is 0 Å². The van der Waals surface area contributed by atoms with Crippen LogP contribution in [0.4, 0.5) is 11.4 Å². The molecule has 4 heteroatoms. The van der Waals surface area contributed by atoms with E-state index in [4.69, 9.17) is 9.47 Å². The van der Waals surface area contributed by atoms with Crippen molar-refractivity contribution in [3.05, 3.63) is 151 Å². The summed E-state index contributed by atoms with van der Waals surface area (Å²) in [5, 5.41) is 3.81. The second-order valence-corrected chi connectivity index (χ2v) is 10.1. The van der Waals surface area contributed by atoms with Crippen molar-refractivity contribution in [2.75, 3.05) is 12.1 Å². The molecule has 0 saturated heterocycles. The van der Waals surface area contributed by atoms with Crippen LogP contribution in [0, 0.1) is 6.92 Å². The topological polar surface area (TPSA) is 30.5 Å². The maximum absolute atomic E-state index is 5.16. The van der Waals surface area contributed by atoms with Crippen molar-refractivity contribution in [1.29, 1.82) is 0 Å². The van der Waals surface area contributed by atoms with Crippen molar-refractivity contribution in [3.63, 3.8) is 0 Å². The smallest absolute Gasteiger partial charge is 0.231 e. The summed E-state index contributed by atoms with van der Waals surface area (Å²) in [7, 11) is 0. The second kappa shape index (κ2) is 14.6. The number of thioether (sulfide) groups is 1. The van der Waals surface area contributed by atoms with E-state index in [1.54, 1.807) is 0 Å². The van der Waals surface area contributed by atoms with Gasteiger partial charge in [-0.05, 0) is 73.5 Å². The van der Waals surface area contributed by atoms with Gasteiger partial charge in [0.2, 0.25) is 6.79 Å². The van der Waals surface area contributed by atoms with Gasteiger partial charge in [-0.2, -0.15) is 0 Å². The molecule has 1 atom stereocenters. The van der Waals surface area contributed by atoms with Crippen molar-refractivity contribution in [3.8, 4) is 11.5 Å². The van der Waals surface area contributed by atoms with Gasteiger partial charge in [0.05, 0.1) is 0 Å². The lowest BCUT2D eigenvalue weighted by Gasteiger charge is -2.10. The Kier molecular flexibility index (Phi) is 10.3. The molecule has 0 amide bonds. The molecular weight excluding hydrogens is 486 g/mol. The molecule has 38 heavy (non-hydrogen) atoms. The number of fused-ring (bicyclic) bond motifs is 1. The highest BCUT2D eigenvalue weighted by molar-refractivity contribution is 7.99. The van der Waals surface area contributed by atoms with E-state index in [2.05, 4.69) is 72.9 Å². The van der Waals surface area contributed by atoms with Gasteiger partial charge in [0.15, 0.2) is 11.5 Å². The van der Waals surface area contributed by atoms with E-state index in [0.29, 0.717) is 12.0 Å². The van der Waals surface area contributed by atoms with E-state index < -0.39 is 0 Å². The number of hydrogen-bond donors (Lipinski definition) is 1. The van der Waals surface area contributed by atoms with E-state index in [-0.39, 0.29) is 0 Å². The van der Waals surface area contributed by atoms with Gasteiger partial charge in [-0.3, -0.25) is 0 Å². The van der Waals surface area contributed by atoms with Crippen molar-refractivity contribution >= 4 is 23.1 Å². The van der Waals surface area contributed by atoms with Crippen LogP contribution < -0.4 is 14.8 Å². The van der Waals surface area contributed by atoms with Crippen molar-refractivity contribution < 1.29 is 9.47 Å². The van der Waals surface area contributed by atoms with Gasteiger partial charge in [0, 0.05) is 21.5 Å². The molecule has 3 nitrogen and oxygen atoms in total. The predicted molar refractivity (Wildman–Crippen MR) is 161 cm³/mol. The molecule has 0 bridgehead atoms. The zero-order valence-corrected chi connectivity index (χ0v) is 22.6. The monoisotopic (exact) mass is 519 g/mol. The van der Waals surface area contributed by atoms with E-state index in [9.17, 15) is 0 Å². The Morgan fingerprint density at radius 2 is 1.11 bits per heavy atom. The lowest BCUT2D eigenvalue weighted by Crippen LogP contribution is -1.92. The SMILES string of the molecule is CC(Sc1ccccc1)c1ccccc1.Cc1ccc2c(c1)OCO2.c1ccc(Nc2ccccc2)cc1. The van der Waals surface area contributed by atoms with Gasteiger partial charge in [-0.15, -0.1) is 11.8 Å². The summed E-state index contributed by atoms with van der Waals surface area (Å²) in [5.74, 6) is 1.71. The van der Waals surface area contributed by atoms with E-state index >= 15 is 0 Å². The lowest BCUT2D eigenvalue weighted by molar-refractivity contribution is 0.174. The minimum atomic E-state index is 0.360. The number of para-hydroxylation sites is 2. The predicted octanol–water partition coefficient (Wildman–Crippen LogP) is 9.69. The molecule has 1 aliphatic rings. The largest absolute Gasteiger partial charge is 0.454 e. The van der Waals surface area contributed by atoms with Crippen molar-refractivity contribution in [1.82, 2.24) is 0 Å². The summed E-state index contributed by atoms with van der Waals surface area (Å²) >= 11 is 1.90. The minimum absolute atomic E-state index is 0.360. The third-order valence-electron chi connectivity index (χ3n) is 5.69. The average molecular weight is 520 g/mol. The molecule has 0 radical (unpaired) electrons. The quantitative estimate of drug-likeness (QED) is 0.234. The number of aryl methyl sites for hydroxylation is 1. The first-order valence-electron chi connectivity index (χ1n) is 12.7. The van der Waals surface area contributed by atoms with E-state index in [1.165, 1.54) is 16.0 Å². The molecular formula is C34H33NO2S. The normalized spacial score (nSPS) is 11.7. The molecule has 1 unspecified atom stereocenters. The minimum Gasteiger partial charge on any atom is -0.454 e. The third-order valence-corrected chi connectivity index (χ3v) is 6.86.